The van der Waals surface area contributed by atoms with Crippen LogP contribution in [0.1, 0.15) is 50.2 Å². The number of hydrogen-bond acceptors (Lipinski definition) is 5. The number of likely N-dealkylation sites (N-methyl/N-ethyl adjacent to an activating group) is 1. The molecule has 0 aromatic carbocycles. The molecule has 156 valence electrons. The molecule has 2 heterocycles. The van der Waals surface area contributed by atoms with E-state index < -0.39 is 15.4 Å². The van der Waals surface area contributed by atoms with Crippen LogP contribution in [0.25, 0.3) is 0 Å². The van der Waals surface area contributed by atoms with Crippen LogP contribution in [0.2, 0.25) is 0 Å². The van der Waals surface area contributed by atoms with Crippen LogP contribution in [0.5, 0.6) is 0 Å². The summed E-state index contributed by atoms with van der Waals surface area (Å²) in [5, 5.41) is 16.8. The zero-order valence-electron chi connectivity index (χ0n) is 17.7. The first-order valence-corrected chi connectivity index (χ1v) is 11.5. The standard InChI is InChI=1S/C19H31N5O3S/c1-13(2)19(5,12-20)21-18(25)10-23(6)9-17-14(3)22-24(15(17)4)16-7-8-28(26,27)11-16/h13,16H,7-11H2,1-6H3,(H,21,25)/p+1/t16-,19+/m1/s1. The van der Waals surface area contributed by atoms with Crippen LogP contribution in [-0.4, -0.2) is 54.7 Å². The normalized spacial score (nSPS) is 21.9. The molecule has 0 saturated carbocycles. The Morgan fingerprint density at radius 2 is 2.11 bits per heavy atom. The SMILES string of the molecule is Cc1nn([C@@H]2CCS(=O)(=O)C2)c(C)c1C[NH+](C)CC(=O)N[C@@](C)(C#N)C(C)C. The minimum atomic E-state index is -2.98. The molecule has 1 aliphatic rings. The molecule has 1 fully saturated rings. The third kappa shape index (κ3) is 4.92. The summed E-state index contributed by atoms with van der Waals surface area (Å²) in [6.07, 6.45) is 0.594. The van der Waals surface area contributed by atoms with Gasteiger partial charge in [-0.3, -0.25) is 9.48 Å². The topological polar surface area (TPSA) is 109 Å². The molecular weight excluding hydrogens is 378 g/mol. The molecule has 28 heavy (non-hydrogen) atoms. The molecule has 2 rings (SSSR count). The van der Waals surface area contributed by atoms with Crippen molar-refractivity contribution in [3.8, 4) is 6.07 Å². The van der Waals surface area contributed by atoms with Gasteiger partial charge in [-0.05, 0) is 33.1 Å². The van der Waals surface area contributed by atoms with E-state index >= 15 is 0 Å². The van der Waals surface area contributed by atoms with Gasteiger partial charge >= 0.3 is 0 Å². The first kappa shape index (κ1) is 22.4. The maximum Gasteiger partial charge on any atom is 0.276 e. The van der Waals surface area contributed by atoms with Crippen LogP contribution in [0.4, 0.5) is 0 Å². The van der Waals surface area contributed by atoms with Crippen molar-refractivity contribution < 1.29 is 18.1 Å². The third-order valence-corrected chi connectivity index (χ3v) is 7.51. The average molecular weight is 411 g/mol. The molecule has 0 bridgehead atoms. The number of rotatable bonds is 7. The number of aryl methyl sites for hydroxylation is 1. The van der Waals surface area contributed by atoms with E-state index in [4.69, 9.17) is 0 Å². The highest BCUT2D eigenvalue weighted by molar-refractivity contribution is 7.91. The van der Waals surface area contributed by atoms with Gasteiger partial charge in [0.1, 0.15) is 12.1 Å². The molecule has 3 atom stereocenters. The molecule has 0 radical (unpaired) electrons. The second kappa shape index (κ2) is 8.21. The Balaban J connectivity index is 2.06. The molecule has 1 aliphatic heterocycles. The number of quaternary nitrogens is 1. The molecule has 0 spiro atoms. The predicted molar refractivity (Wildman–Crippen MR) is 106 cm³/mol. The molecule has 1 saturated heterocycles. The Labute approximate surface area is 167 Å². The van der Waals surface area contributed by atoms with Gasteiger partial charge in [0.25, 0.3) is 5.91 Å². The average Bonchev–Trinajstić information content (AvgIpc) is 3.07. The highest BCUT2D eigenvalue weighted by Crippen LogP contribution is 2.26. The Morgan fingerprint density at radius 3 is 2.61 bits per heavy atom. The largest absolute Gasteiger partial charge is 0.333 e. The molecule has 1 amide bonds. The maximum absolute atomic E-state index is 12.4. The van der Waals surface area contributed by atoms with Gasteiger partial charge in [-0.2, -0.15) is 10.4 Å². The van der Waals surface area contributed by atoms with Gasteiger partial charge in [-0.15, -0.1) is 0 Å². The van der Waals surface area contributed by atoms with Crippen molar-refractivity contribution in [3.05, 3.63) is 17.0 Å². The van der Waals surface area contributed by atoms with Crippen molar-refractivity contribution in [1.29, 1.82) is 5.26 Å². The Kier molecular flexibility index (Phi) is 6.56. The third-order valence-electron chi connectivity index (χ3n) is 5.76. The maximum atomic E-state index is 12.4. The van der Waals surface area contributed by atoms with Crippen molar-refractivity contribution in [2.45, 2.75) is 59.2 Å². The number of amides is 1. The number of nitrogens with one attached hydrogen (secondary N) is 2. The van der Waals surface area contributed by atoms with Crippen LogP contribution in [-0.2, 0) is 21.2 Å². The number of sulfone groups is 1. The van der Waals surface area contributed by atoms with Gasteiger partial charge < -0.3 is 10.2 Å². The Bertz CT molecular complexity index is 884. The lowest BCUT2D eigenvalue weighted by atomic mass is 9.90. The van der Waals surface area contributed by atoms with Crippen LogP contribution in [0.15, 0.2) is 0 Å². The van der Waals surface area contributed by atoms with E-state index in [0.29, 0.717) is 13.0 Å². The molecule has 9 heteroatoms. The number of nitrogens with zero attached hydrogens (tertiary/aromatic N) is 3. The summed E-state index contributed by atoms with van der Waals surface area (Å²) >= 11 is 0. The van der Waals surface area contributed by atoms with Crippen molar-refractivity contribution in [2.24, 2.45) is 5.92 Å². The summed E-state index contributed by atoms with van der Waals surface area (Å²) in [5.74, 6) is 0.193. The number of hydrogen-bond donors (Lipinski definition) is 2. The second-order valence-electron chi connectivity index (χ2n) is 8.48. The van der Waals surface area contributed by atoms with Gasteiger partial charge in [0.15, 0.2) is 16.4 Å². The van der Waals surface area contributed by atoms with E-state index in [1.165, 1.54) is 0 Å². The van der Waals surface area contributed by atoms with E-state index in [1.807, 2.05) is 39.4 Å². The van der Waals surface area contributed by atoms with Crippen molar-refractivity contribution in [1.82, 2.24) is 15.1 Å². The van der Waals surface area contributed by atoms with E-state index in [1.54, 1.807) is 6.92 Å². The fraction of sp³-hybridized carbons (Fsp3) is 0.737. The molecule has 0 aliphatic carbocycles. The molecule has 1 aromatic rings. The molecular formula is C19H32N5O3S+. The summed E-state index contributed by atoms with van der Waals surface area (Å²) in [6.45, 7) is 10.3. The van der Waals surface area contributed by atoms with E-state index in [2.05, 4.69) is 16.5 Å². The lowest BCUT2D eigenvalue weighted by Crippen LogP contribution is -3.09. The first-order chi connectivity index (χ1) is 12.9. The summed E-state index contributed by atoms with van der Waals surface area (Å²) in [6, 6.07) is 2.08. The zero-order chi connectivity index (χ0) is 21.3. The lowest BCUT2D eigenvalue weighted by Gasteiger charge is -2.27. The number of nitriles is 1. The fourth-order valence-electron chi connectivity index (χ4n) is 3.55. The highest BCUT2D eigenvalue weighted by Gasteiger charge is 2.33. The summed E-state index contributed by atoms with van der Waals surface area (Å²) in [4.78, 5) is 13.4. The van der Waals surface area contributed by atoms with Crippen LogP contribution in [0.3, 0.4) is 0 Å². The first-order valence-electron chi connectivity index (χ1n) is 9.67. The van der Waals surface area contributed by atoms with Crippen molar-refractivity contribution in [3.63, 3.8) is 0 Å². The summed E-state index contributed by atoms with van der Waals surface area (Å²) in [5.41, 5.74) is 1.98. The minimum absolute atomic E-state index is 0.00664. The van der Waals surface area contributed by atoms with Crippen LogP contribution >= 0.6 is 0 Å². The van der Waals surface area contributed by atoms with Crippen LogP contribution < -0.4 is 10.2 Å². The Morgan fingerprint density at radius 1 is 1.46 bits per heavy atom. The lowest BCUT2D eigenvalue weighted by molar-refractivity contribution is -0.885. The highest BCUT2D eigenvalue weighted by atomic mass is 32.2. The zero-order valence-corrected chi connectivity index (χ0v) is 18.5. The van der Waals surface area contributed by atoms with Crippen molar-refractivity contribution >= 4 is 15.7 Å². The predicted octanol–water partition coefficient (Wildman–Crippen LogP) is -0.0713. The quantitative estimate of drug-likeness (QED) is 0.654. The molecule has 1 aromatic heterocycles. The van der Waals surface area contributed by atoms with E-state index in [9.17, 15) is 18.5 Å². The summed E-state index contributed by atoms with van der Waals surface area (Å²) < 4.78 is 25.4. The molecule has 8 nitrogen and oxygen atoms in total. The van der Waals surface area contributed by atoms with E-state index in [-0.39, 0.29) is 35.9 Å². The minimum Gasteiger partial charge on any atom is -0.333 e. The van der Waals surface area contributed by atoms with Gasteiger partial charge in [0.05, 0.1) is 41.9 Å². The van der Waals surface area contributed by atoms with Gasteiger partial charge in [-0.1, -0.05) is 13.8 Å². The second-order valence-corrected chi connectivity index (χ2v) is 10.7. The monoisotopic (exact) mass is 410 g/mol. The molecule has 2 N–H and O–H groups in total. The molecule has 1 unspecified atom stereocenters. The summed E-state index contributed by atoms with van der Waals surface area (Å²) in [7, 11) is -1.05. The van der Waals surface area contributed by atoms with Gasteiger partial charge in [0, 0.05) is 5.69 Å². The number of carbonyl (C=O) groups is 1. The smallest absolute Gasteiger partial charge is 0.276 e. The van der Waals surface area contributed by atoms with E-state index in [0.717, 1.165) is 21.9 Å². The van der Waals surface area contributed by atoms with Crippen LogP contribution in [0, 0.1) is 31.1 Å². The van der Waals surface area contributed by atoms with Gasteiger partial charge in [0.2, 0.25) is 0 Å². The van der Waals surface area contributed by atoms with Crippen molar-refractivity contribution in [2.75, 3.05) is 25.1 Å². The van der Waals surface area contributed by atoms with Gasteiger partial charge in [-0.25, -0.2) is 8.42 Å². The number of carbonyl (C=O) groups excluding carboxylic acids is 1. The Hall–Kier alpha value is -1.92. The number of aromatic nitrogens is 2. The fourth-order valence-corrected chi connectivity index (χ4v) is 5.24.